The number of aromatic nitrogens is 1. The molecule has 0 aliphatic heterocycles. The lowest BCUT2D eigenvalue weighted by atomic mass is 10.5. The van der Waals surface area contributed by atoms with Gasteiger partial charge in [-0.25, -0.2) is 4.98 Å². The second-order valence-corrected chi connectivity index (χ2v) is 3.00. The Balaban J connectivity index is 2.98. The minimum atomic E-state index is 0.0133. The molecule has 48 valence electrons. The van der Waals surface area contributed by atoms with Gasteiger partial charge in [-0.1, -0.05) is 22.9 Å². The van der Waals surface area contributed by atoms with Crippen LogP contribution in [0.1, 0.15) is 4.88 Å². The summed E-state index contributed by atoms with van der Waals surface area (Å²) < 4.78 is 0.417. The van der Waals surface area contributed by atoms with Crippen LogP contribution in [-0.4, -0.2) is 10.8 Å². The number of nitrogen functional groups attached to an aromatic ring is 1. The molecule has 0 aromatic carbocycles. The van der Waals surface area contributed by atoms with Gasteiger partial charge in [-0.15, -0.1) is 0 Å². The van der Waals surface area contributed by atoms with E-state index in [-0.39, 0.29) is 5.84 Å². The highest BCUT2D eigenvalue weighted by Gasteiger charge is 1.99. The summed E-state index contributed by atoms with van der Waals surface area (Å²) in [5.41, 5.74) is 5.12. The molecule has 1 aromatic heterocycles. The van der Waals surface area contributed by atoms with Crippen molar-refractivity contribution >= 4 is 28.8 Å². The van der Waals surface area contributed by atoms with Crippen LogP contribution in [0.25, 0.3) is 0 Å². The number of nitrogens with zero attached hydrogens (tertiary/aromatic N) is 1. The standard InChI is InChI=1S/C4H4ClN3S/c5-4-8-1-2(9-4)3(6)7/h1H,(H3,6,7). The van der Waals surface area contributed by atoms with Crippen LogP contribution in [0, 0.1) is 5.41 Å². The highest BCUT2D eigenvalue weighted by atomic mass is 35.5. The lowest BCUT2D eigenvalue weighted by Crippen LogP contribution is -2.08. The molecule has 1 rings (SSSR count). The Morgan fingerprint density at radius 3 is 2.78 bits per heavy atom. The second-order valence-electron chi connectivity index (χ2n) is 1.39. The molecule has 0 atom stereocenters. The van der Waals surface area contributed by atoms with Crippen LogP contribution in [0.4, 0.5) is 0 Å². The van der Waals surface area contributed by atoms with Gasteiger partial charge in [0.2, 0.25) is 0 Å². The van der Waals surface area contributed by atoms with Gasteiger partial charge in [0.1, 0.15) is 5.84 Å². The predicted molar refractivity (Wildman–Crippen MR) is 38.1 cm³/mol. The molecule has 0 saturated heterocycles. The summed E-state index contributed by atoms with van der Waals surface area (Å²) in [7, 11) is 0. The normalized spacial score (nSPS) is 9.44. The van der Waals surface area contributed by atoms with E-state index in [9.17, 15) is 0 Å². The summed E-state index contributed by atoms with van der Waals surface area (Å²) in [5.74, 6) is 0.0133. The van der Waals surface area contributed by atoms with E-state index >= 15 is 0 Å². The van der Waals surface area contributed by atoms with Crippen LogP contribution in [0.2, 0.25) is 4.47 Å². The molecule has 3 N–H and O–H groups in total. The zero-order chi connectivity index (χ0) is 6.85. The predicted octanol–water partition coefficient (Wildman–Crippen LogP) is 1.08. The van der Waals surface area contributed by atoms with Crippen molar-refractivity contribution in [3.05, 3.63) is 15.5 Å². The molecule has 5 heteroatoms. The van der Waals surface area contributed by atoms with Crippen molar-refractivity contribution in [2.45, 2.75) is 0 Å². The Morgan fingerprint density at radius 2 is 2.56 bits per heavy atom. The smallest absolute Gasteiger partial charge is 0.184 e. The Bertz CT molecular complexity index is 231. The summed E-state index contributed by atoms with van der Waals surface area (Å²) in [5, 5.41) is 6.94. The molecule has 1 heterocycles. The first-order chi connectivity index (χ1) is 4.20. The third-order valence-electron chi connectivity index (χ3n) is 0.743. The molecule has 3 nitrogen and oxygen atoms in total. The van der Waals surface area contributed by atoms with Gasteiger partial charge in [0.25, 0.3) is 0 Å². The van der Waals surface area contributed by atoms with E-state index in [0.717, 1.165) is 0 Å². The maximum atomic E-state index is 6.94. The number of thiazole rings is 1. The SMILES string of the molecule is N=C(N)c1cnc(Cl)s1. The van der Waals surface area contributed by atoms with E-state index < -0.39 is 0 Å². The third kappa shape index (κ3) is 1.40. The van der Waals surface area contributed by atoms with Gasteiger partial charge in [0.05, 0.1) is 11.1 Å². The van der Waals surface area contributed by atoms with Gasteiger partial charge in [-0.3, -0.25) is 5.41 Å². The largest absolute Gasteiger partial charge is 0.383 e. The molecule has 1 aromatic rings. The van der Waals surface area contributed by atoms with Gasteiger partial charge in [0, 0.05) is 0 Å². The maximum absolute atomic E-state index is 6.94. The zero-order valence-electron chi connectivity index (χ0n) is 4.39. The van der Waals surface area contributed by atoms with Crippen molar-refractivity contribution in [1.29, 1.82) is 5.41 Å². The molecular weight excluding hydrogens is 158 g/mol. The van der Waals surface area contributed by atoms with Crippen molar-refractivity contribution in [2.24, 2.45) is 5.73 Å². The van der Waals surface area contributed by atoms with E-state index in [4.69, 9.17) is 22.7 Å². The average Bonchev–Trinajstić information content (AvgIpc) is 2.14. The fourth-order valence-electron chi connectivity index (χ4n) is 0.377. The van der Waals surface area contributed by atoms with Crippen molar-refractivity contribution < 1.29 is 0 Å². The molecular formula is C4H4ClN3S. The first-order valence-electron chi connectivity index (χ1n) is 2.16. The summed E-state index contributed by atoms with van der Waals surface area (Å²) in [6.45, 7) is 0. The summed E-state index contributed by atoms with van der Waals surface area (Å²) >= 11 is 6.66. The molecule has 0 unspecified atom stereocenters. The number of nitrogens with two attached hydrogens (primary N) is 1. The second kappa shape index (κ2) is 2.33. The summed E-state index contributed by atoms with van der Waals surface area (Å²) in [4.78, 5) is 4.31. The van der Waals surface area contributed by atoms with Crippen molar-refractivity contribution in [1.82, 2.24) is 4.98 Å². The number of halogens is 1. The molecule has 0 amide bonds. The van der Waals surface area contributed by atoms with Gasteiger partial charge in [-0.05, 0) is 0 Å². The van der Waals surface area contributed by atoms with E-state index in [1.54, 1.807) is 0 Å². The first kappa shape index (κ1) is 6.51. The zero-order valence-corrected chi connectivity index (χ0v) is 5.96. The fourth-order valence-corrected chi connectivity index (χ4v) is 1.18. The average molecular weight is 162 g/mol. The molecule has 0 radical (unpaired) electrons. The van der Waals surface area contributed by atoms with Crippen LogP contribution >= 0.6 is 22.9 Å². The Kier molecular flexibility index (Phi) is 1.68. The monoisotopic (exact) mass is 161 g/mol. The Morgan fingerprint density at radius 1 is 1.89 bits per heavy atom. The number of rotatable bonds is 1. The highest BCUT2D eigenvalue weighted by molar-refractivity contribution is 7.17. The van der Waals surface area contributed by atoms with E-state index in [0.29, 0.717) is 9.34 Å². The topological polar surface area (TPSA) is 62.8 Å². The minimum absolute atomic E-state index is 0.0133. The Hall–Kier alpha value is -0.610. The van der Waals surface area contributed by atoms with E-state index in [1.165, 1.54) is 17.5 Å². The van der Waals surface area contributed by atoms with E-state index in [1.807, 2.05) is 0 Å². The summed E-state index contributed by atoms with van der Waals surface area (Å²) in [6, 6.07) is 0. The molecule has 9 heavy (non-hydrogen) atoms. The van der Waals surface area contributed by atoms with Gasteiger partial charge < -0.3 is 5.73 Å². The Labute approximate surface area is 61.0 Å². The molecule has 0 aliphatic carbocycles. The highest BCUT2D eigenvalue weighted by Crippen LogP contribution is 2.16. The molecule has 0 spiro atoms. The molecule has 0 saturated carbocycles. The van der Waals surface area contributed by atoms with E-state index in [2.05, 4.69) is 4.98 Å². The number of hydrogen-bond acceptors (Lipinski definition) is 3. The third-order valence-corrected chi connectivity index (χ3v) is 1.89. The van der Waals surface area contributed by atoms with Crippen molar-refractivity contribution in [3.63, 3.8) is 0 Å². The molecule has 0 bridgehead atoms. The van der Waals surface area contributed by atoms with Gasteiger partial charge >= 0.3 is 0 Å². The number of nitrogens with one attached hydrogen (secondary N) is 1. The molecule has 0 fully saturated rings. The van der Waals surface area contributed by atoms with Crippen molar-refractivity contribution in [3.8, 4) is 0 Å². The van der Waals surface area contributed by atoms with Gasteiger partial charge in [-0.2, -0.15) is 0 Å². The number of amidine groups is 1. The minimum Gasteiger partial charge on any atom is -0.383 e. The summed E-state index contributed by atoms with van der Waals surface area (Å²) in [6.07, 6.45) is 1.48. The van der Waals surface area contributed by atoms with Gasteiger partial charge in [0.15, 0.2) is 4.47 Å². The van der Waals surface area contributed by atoms with Crippen molar-refractivity contribution in [2.75, 3.05) is 0 Å². The van der Waals surface area contributed by atoms with Crippen LogP contribution in [0.5, 0.6) is 0 Å². The van der Waals surface area contributed by atoms with Crippen LogP contribution in [-0.2, 0) is 0 Å². The van der Waals surface area contributed by atoms with Crippen LogP contribution < -0.4 is 5.73 Å². The first-order valence-corrected chi connectivity index (χ1v) is 3.35. The lowest BCUT2D eigenvalue weighted by Gasteiger charge is -1.83. The maximum Gasteiger partial charge on any atom is 0.184 e. The van der Waals surface area contributed by atoms with Crippen LogP contribution in [0.15, 0.2) is 6.20 Å². The lowest BCUT2D eigenvalue weighted by molar-refractivity contribution is 1.39. The van der Waals surface area contributed by atoms with Crippen LogP contribution in [0.3, 0.4) is 0 Å². The quantitative estimate of drug-likeness (QED) is 0.478. The number of hydrogen-bond donors (Lipinski definition) is 2. The molecule has 0 aliphatic rings. The fraction of sp³-hybridized carbons (Fsp3) is 0.